The Morgan fingerprint density at radius 3 is 2.67 bits per heavy atom. The molecule has 0 unspecified atom stereocenters. The van der Waals surface area contributed by atoms with Gasteiger partial charge in [0.05, 0.1) is 18.1 Å². The predicted octanol–water partition coefficient (Wildman–Crippen LogP) is 4.05. The summed E-state index contributed by atoms with van der Waals surface area (Å²) in [4.78, 5) is 19.7. The van der Waals surface area contributed by atoms with E-state index in [1.54, 1.807) is 25.3 Å². The van der Waals surface area contributed by atoms with Gasteiger partial charge in [-0.05, 0) is 46.7 Å². The molecule has 0 radical (unpaired) electrons. The fourth-order valence-corrected chi connectivity index (χ4v) is 3.30. The van der Waals surface area contributed by atoms with Crippen LogP contribution in [0.1, 0.15) is 34.6 Å². The van der Waals surface area contributed by atoms with Gasteiger partial charge >= 0.3 is 0 Å². The van der Waals surface area contributed by atoms with E-state index in [1.165, 1.54) is 0 Å². The van der Waals surface area contributed by atoms with Gasteiger partial charge in [0.1, 0.15) is 18.2 Å². The van der Waals surface area contributed by atoms with Crippen molar-refractivity contribution in [3.8, 4) is 5.75 Å². The Morgan fingerprint density at radius 2 is 1.89 bits per heavy atom. The van der Waals surface area contributed by atoms with Crippen molar-refractivity contribution >= 4 is 27.6 Å². The smallest absolute Gasteiger partial charge is 0.188 e. The van der Waals surface area contributed by atoms with E-state index in [2.05, 4.69) is 41.2 Å². The third kappa shape index (κ3) is 3.17. The number of rotatable bonds is 5. The Balaban J connectivity index is 1.70. The molecule has 2 N–H and O–H groups in total. The lowest BCUT2D eigenvalue weighted by Gasteiger charge is -2.11. The number of fused-ring (bicyclic) bond motifs is 2. The lowest BCUT2D eigenvalue weighted by molar-refractivity contribution is 0.0904. The molecular weight excluding hydrogens is 340 g/mol. The van der Waals surface area contributed by atoms with E-state index < -0.39 is 6.61 Å². The standard InChI is InChI=1S/C22H20N2O3/c1-13(14-3-4-16-10-18(27-2)7-5-15(16)9-14)22-23-19-8-6-17(21(26)12-25)11-20(19)24-22/h3-11,13,25H,12H2,1-2H3,(H,23,24)/t13-/m0/s1. The number of nitrogens with zero attached hydrogens (tertiary/aromatic N) is 1. The van der Waals surface area contributed by atoms with Crippen LogP contribution in [0.15, 0.2) is 54.6 Å². The van der Waals surface area contributed by atoms with Gasteiger partial charge in [-0.3, -0.25) is 4.79 Å². The molecule has 1 aromatic heterocycles. The molecule has 5 heteroatoms. The number of nitrogens with one attached hydrogen (secondary N) is 1. The second-order valence-corrected chi connectivity index (χ2v) is 6.63. The molecule has 0 aliphatic heterocycles. The second-order valence-electron chi connectivity index (χ2n) is 6.63. The highest BCUT2D eigenvalue weighted by atomic mass is 16.5. The van der Waals surface area contributed by atoms with Gasteiger partial charge in [0.2, 0.25) is 0 Å². The van der Waals surface area contributed by atoms with E-state index in [-0.39, 0.29) is 11.7 Å². The van der Waals surface area contributed by atoms with Crippen LogP contribution in [0.3, 0.4) is 0 Å². The molecule has 0 saturated carbocycles. The number of imidazole rings is 1. The Bertz CT molecular complexity index is 1150. The summed E-state index contributed by atoms with van der Waals surface area (Å²) in [7, 11) is 1.67. The first kappa shape index (κ1) is 17.2. The van der Waals surface area contributed by atoms with E-state index in [0.717, 1.165) is 38.9 Å². The molecule has 1 atom stereocenters. The Hall–Kier alpha value is -3.18. The van der Waals surface area contributed by atoms with Gasteiger partial charge < -0.3 is 14.8 Å². The fourth-order valence-electron chi connectivity index (χ4n) is 3.30. The van der Waals surface area contributed by atoms with Gasteiger partial charge in [0.25, 0.3) is 0 Å². The van der Waals surface area contributed by atoms with Crippen LogP contribution in [0, 0.1) is 0 Å². The zero-order chi connectivity index (χ0) is 19.0. The average molecular weight is 360 g/mol. The topological polar surface area (TPSA) is 75.2 Å². The molecule has 0 bridgehead atoms. The SMILES string of the molecule is COc1ccc2cc([C@H](C)c3nc4ccc(C(=O)CO)cc4[nH]3)ccc2c1. The van der Waals surface area contributed by atoms with Gasteiger partial charge in [0, 0.05) is 11.5 Å². The molecule has 4 aromatic rings. The van der Waals surface area contributed by atoms with Crippen LogP contribution in [0.5, 0.6) is 5.75 Å². The summed E-state index contributed by atoms with van der Waals surface area (Å²) in [6.45, 7) is 1.60. The molecule has 4 rings (SSSR count). The van der Waals surface area contributed by atoms with Crippen LogP contribution in [0.4, 0.5) is 0 Å². The summed E-state index contributed by atoms with van der Waals surface area (Å²) >= 11 is 0. The minimum absolute atomic E-state index is 0.0703. The van der Waals surface area contributed by atoms with Crippen molar-refractivity contribution in [3.63, 3.8) is 0 Å². The number of ether oxygens (including phenoxy) is 1. The molecule has 27 heavy (non-hydrogen) atoms. The first-order valence-electron chi connectivity index (χ1n) is 8.80. The van der Waals surface area contributed by atoms with Crippen molar-refractivity contribution in [3.05, 3.63) is 71.5 Å². The number of aromatic nitrogens is 2. The molecule has 0 aliphatic rings. The number of methoxy groups -OCH3 is 1. The number of aliphatic hydroxyl groups is 1. The molecule has 0 fully saturated rings. The van der Waals surface area contributed by atoms with Crippen LogP contribution in [0.2, 0.25) is 0 Å². The minimum atomic E-state index is -0.495. The van der Waals surface area contributed by atoms with Crippen molar-refractivity contribution in [2.45, 2.75) is 12.8 Å². The second kappa shape index (κ2) is 6.85. The normalized spacial score (nSPS) is 12.4. The van der Waals surface area contributed by atoms with Crippen molar-refractivity contribution in [2.75, 3.05) is 13.7 Å². The number of ketones is 1. The predicted molar refractivity (Wildman–Crippen MR) is 106 cm³/mol. The number of aliphatic hydroxyl groups excluding tert-OH is 1. The Morgan fingerprint density at radius 1 is 1.11 bits per heavy atom. The zero-order valence-electron chi connectivity index (χ0n) is 15.2. The van der Waals surface area contributed by atoms with Crippen molar-refractivity contribution in [1.82, 2.24) is 9.97 Å². The average Bonchev–Trinajstić information content (AvgIpc) is 3.15. The maximum absolute atomic E-state index is 11.7. The summed E-state index contributed by atoms with van der Waals surface area (Å²) in [6.07, 6.45) is 0. The van der Waals surface area contributed by atoms with E-state index >= 15 is 0 Å². The first-order chi connectivity index (χ1) is 13.1. The van der Waals surface area contributed by atoms with E-state index in [0.29, 0.717) is 5.56 Å². The highest BCUT2D eigenvalue weighted by Crippen LogP contribution is 2.29. The summed E-state index contributed by atoms with van der Waals surface area (Å²) < 4.78 is 5.28. The lowest BCUT2D eigenvalue weighted by atomic mass is 9.97. The number of hydrogen-bond donors (Lipinski definition) is 2. The number of carbonyl (C=O) groups is 1. The molecule has 0 aliphatic carbocycles. The third-order valence-electron chi connectivity index (χ3n) is 4.95. The van der Waals surface area contributed by atoms with Gasteiger partial charge in [-0.2, -0.15) is 0 Å². The largest absolute Gasteiger partial charge is 0.497 e. The molecule has 0 amide bonds. The van der Waals surface area contributed by atoms with E-state index in [4.69, 9.17) is 9.84 Å². The van der Waals surface area contributed by atoms with Gasteiger partial charge in [-0.1, -0.05) is 31.2 Å². The zero-order valence-corrected chi connectivity index (χ0v) is 15.2. The minimum Gasteiger partial charge on any atom is -0.497 e. The monoisotopic (exact) mass is 360 g/mol. The highest BCUT2D eigenvalue weighted by molar-refractivity contribution is 5.99. The van der Waals surface area contributed by atoms with Gasteiger partial charge in [0.15, 0.2) is 5.78 Å². The lowest BCUT2D eigenvalue weighted by Crippen LogP contribution is -2.03. The Kier molecular flexibility index (Phi) is 4.38. The number of H-pyrrole nitrogens is 1. The number of aromatic amines is 1. The number of Topliss-reactive ketones (excluding diaryl/α,β-unsaturated/α-hetero) is 1. The molecular formula is C22H20N2O3. The van der Waals surface area contributed by atoms with E-state index in [9.17, 15) is 4.79 Å². The van der Waals surface area contributed by atoms with Gasteiger partial charge in [-0.15, -0.1) is 0 Å². The van der Waals surface area contributed by atoms with Crippen molar-refractivity contribution in [2.24, 2.45) is 0 Å². The molecule has 0 saturated heterocycles. The highest BCUT2D eigenvalue weighted by Gasteiger charge is 2.15. The number of carbonyl (C=O) groups excluding carboxylic acids is 1. The summed E-state index contributed by atoms with van der Waals surface area (Å²) in [5, 5.41) is 11.3. The quantitative estimate of drug-likeness (QED) is 0.527. The van der Waals surface area contributed by atoms with Crippen LogP contribution < -0.4 is 4.74 Å². The third-order valence-corrected chi connectivity index (χ3v) is 4.95. The van der Waals surface area contributed by atoms with Crippen LogP contribution in [-0.4, -0.2) is 34.6 Å². The van der Waals surface area contributed by atoms with E-state index in [1.807, 2.05) is 12.1 Å². The van der Waals surface area contributed by atoms with Crippen molar-refractivity contribution in [1.29, 1.82) is 0 Å². The van der Waals surface area contributed by atoms with Crippen LogP contribution >= 0.6 is 0 Å². The Labute approximate surface area is 156 Å². The summed E-state index contributed by atoms with van der Waals surface area (Å²) in [5.41, 5.74) is 3.23. The molecule has 0 spiro atoms. The van der Waals surface area contributed by atoms with Crippen LogP contribution in [0.25, 0.3) is 21.8 Å². The number of benzene rings is 3. The summed E-state index contributed by atoms with van der Waals surface area (Å²) in [5.74, 6) is 1.45. The number of hydrogen-bond acceptors (Lipinski definition) is 4. The molecule has 136 valence electrons. The van der Waals surface area contributed by atoms with Gasteiger partial charge in [-0.25, -0.2) is 4.98 Å². The van der Waals surface area contributed by atoms with Crippen LogP contribution in [-0.2, 0) is 0 Å². The maximum Gasteiger partial charge on any atom is 0.188 e. The molecule has 3 aromatic carbocycles. The molecule has 1 heterocycles. The molecule has 5 nitrogen and oxygen atoms in total. The first-order valence-corrected chi connectivity index (χ1v) is 8.80. The maximum atomic E-state index is 11.7. The summed E-state index contributed by atoms with van der Waals surface area (Å²) in [6, 6.07) is 17.6. The van der Waals surface area contributed by atoms with Crippen molar-refractivity contribution < 1.29 is 14.6 Å². The fraction of sp³-hybridized carbons (Fsp3) is 0.182.